The van der Waals surface area contributed by atoms with E-state index in [1.807, 2.05) is 33.8 Å². The first-order valence-electron chi connectivity index (χ1n) is 11.3. The van der Waals surface area contributed by atoms with Crippen LogP contribution >= 0.6 is 23.2 Å². The first kappa shape index (κ1) is 28.9. The van der Waals surface area contributed by atoms with Gasteiger partial charge in [0, 0.05) is 12.6 Å². The van der Waals surface area contributed by atoms with E-state index >= 15 is 0 Å². The molecular formula is C25H33Cl2N3O4S. The molecule has 7 nitrogen and oxygen atoms in total. The van der Waals surface area contributed by atoms with Crippen molar-refractivity contribution in [3.8, 4) is 0 Å². The molecule has 1 atom stereocenters. The molecule has 0 spiro atoms. The number of carbonyl (C=O) groups is 2. The fourth-order valence-electron chi connectivity index (χ4n) is 3.63. The van der Waals surface area contributed by atoms with Gasteiger partial charge in [-0.1, -0.05) is 42.3 Å². The van der Waals surface area contributed by atoms with Crippen LogP contribution in [-0.2, 0) is 26.2 Å². The molecule has 0 aliphatic heterocycles. The average Bonchev–Trinajstić information content (AvgIpc) is 2.75. The molecule has 0 aromatic heterocycles. The number of halogens is 2. The number of nitrogens with one attached hydrogen (secondary N) is 1. The normalized spacial score (nSPS) is 12.4. The topological polar surface area (TPSA) is 86.8 Å². The maximum Gasteiger partial charge on any atom is 0.244 e. The van der Waals surface area contributed by atoms with Gasteiger partial charge in [-0.05, 0) is 75.1 Å². The third kappa shape index (κ3) is 7.85. The molecule has 0 saturated heterocycles. The van der Waals surface area contributed by atoms with Crippen molar-refractivity contribution >= 4 is 50.7 Å². The third-order valence-electron chi connectivity index (χ3n) is 5.61. The number of benzene rings is 2. The van der Waals surface area contributed by atoms with E-state index in [9.17, 15) is 18.0 Å². The number of anilines is 1. The zero-order valence-corrected chi connectivity index (χ0v) is 23.3. The highest BCUT2D eigenvalue weighted by molar-refractivity contribution is 7.92. The van der Waals surface area contributed by atoms with Crippen LogP contribution in [0.1, 0.15) is 43.9 Å². The second-order valence-electron chi connectivity index (χ2n) is 8.90. The quantitative estimate of drug-likeness (QED) is 0.471. The molecule has 0 radical (unpaired) electrons. The standard InChI is InChI=1S/C25H33Cl2N3O4S/c1-7-23(25(32)28-16(2)3)29(14-19-9-11-21(26)22(27)13-19)24(31)15-30(35(6,33)34)20-10-8-17(4)18(5)12-20/h8-13,16,23H,7,14-15H2,1-6H3,(H,28,32)/t23-/m1/s1. The minimum Gasteiger partial charge on any atom is -0.352 e. The Balaban J connectivity index is 2.48. The van der Waals surface area contributed by atoms with Crippen LogP contribution in [0.15, 0.2) is 36.4 Å². The van der Waals surface area contributed by atoms with Gasteiger partial charge in [0.15, 0.2) is 0 Å². The van der Waals surface area contributed by atoms with Crippen molar-refractivity contribution in [1.82, 2.24) is 10.2 Å². The molecule has 0 saturated carbocycles. The van der Waals surface area contributed by atoms with E-state index in [1.54, 1.807) is 37.3 Å². The first-order valence-corrected chi connectivity index (χ1v) is 13.9. The average molecular weight is 543 g/mol. The van der Waals surface area contributed by atoms with Gasteiger partial charge < -0.3 is 10.2 Å². The van der Waals surface area contributed by atoms with Crippen LogP contribution in [0.4, 0.5) is 5.69 Å². The molecule has 0 heterocycles. The third-order valence-corrected chi connectivity index (χ3v) is 7.49. The van der Waals surface area contributed by atoms with Gasteiger partial charge >= 0.3 is 0 Å². The van der Waals surface area contributed by atoms with E-state index in [0.29, 0.717) is 27.7 Å². The van der Waals surface area contributed by atoms with Gasteiger partial charge in [-0.3, -0.25) is 13.9 Å². The number of rotatable bonds is 10. The lowest BCUT2D eigenvalue weighted by atomic mass is 10.1. The Bertz CT molecular complexity index is 1190. The summed E-state index contributed by atoms with van der Waals surface area (Å²) in [6.45, 7) is 8.88. The van der Waals surface area contributed by atoms with Gasteiger partial charge in [0.05, 0.1) is 22.0 Å². The van der Waals surface area contributed by atoms with Crippen molar-refractivity contribution in [2.75, 3.05) is 17.1 Å². The van der Waals surface area contributed by atoms with Crippen molar-refractivity contribution in [2.24, 2.45) is 0 Å². The second-order valence-corrected chi connectivity index (χ2v) is 11.6. The fourth-order valence-corrected chi connectivity index (χ4v) is 4.79. The van der Waals surface area contributed by atoms with E-state index in [0.717, 1.165) is 21.7 Å². The molecule has 0 aliphatic rings. The summed E-state index contributed by atoms with van der Waals surface area (Å²) >= 11 is 12.2. The summed E-state index contributed by atoms with van der Waals surface area (Å²) in [5, 5.41) is 3.55. The molecule has 0 bridgehead atoms. The largest absolute Gasteiger partial charge is 0.352 e. The van der Waals surface area contributed by atoms with Gasteiger partial charge in [0.2, 0.25) is 21.8 Å². The Kier molecular flexibility index (Phi) is 10.0. The van der Waals surface area contributed by atoms with Crippen LogP contribution in [0.2, 0.25) is 10.0 Å². The predicted octanol–water partition coefficient (Wildman–Crippen LogP) is 4.71. The van der Waals surface area contributed by atoms with E-state index in [2.05, 4.69) is 5.32 Å². The van der Waals surface area contributed by atoms with Gasteiger partial charge in [-0.15, -0.1) is 0 Å². The van der Waals surface area contributed by atoms with Crippen LogP contribution < -0.4 is 9.62 Å². The van der Waals surface area contributed by atoms with Crippen LogP contribution in [0.3, 0.4) is 0 Å². The summed E-state index contributed by atoms with van der Waals surface area (Å²) in [4.78, 5) is 28.0. The first-order chi connectivity index (χ1) is 16.2. The molecule has 10 heteroatoms. The highest BCUT2D eigenvalue weighted by Gasteiger charge is 2.32. The molecule has 2 aromatic carbocycles. The van der Waals surface area contributed by atoms with Crippen molar-refractivity contribution in [2.45, 2.75) is 59.7 Å². The fraction of sp³-hybridized carbons (Fsp3) is 0.440. The van der Waals surface area contributed by atoms with Crippen LogP contribution in [0.5, 0.6) is 0 Å². The summed E-state index contributed by atoms with van der Waals surface area (Å²) in [5.74, 6) is -0.821. The second kappa shape index (κ2) is 12.1. The Labute approximate surface area is 218 Å². The van der Waals surface area contributed by atoms with Gasteiger partial charge in [-0.2, -0.15) is 0 Å². The highest BCUT2D eigenvalue weighted by Crippen LogP contribution is 2.25. The lowest BCUT2D eigenvalue weighted by Crippen LogP contribution is -2.53. The van der Waals surface area contributed by atoms with E-state index < -0.39 is 28.5 Å². The Hall–Kier alpha value is -2.29. The summed E-state index contributed by atoms with van der Waals surface area (Å²) in [6.07, 6.45) is 1.40. The van der Waals surface area contributed by atoms with Gasteiger partial charge in [-0.25, -0.2) is 8.42 Å². The number of sulfonamides is 1. The predicted molar refractivity (Wildman–Crippen MR) is 142 cm³/mol. The molecule has 2 amide bonds. The molecule has 1 N–H and O–H groups in total. The zero-order chi connectivity index (χ0) is 26.5. The number of aryl methyl sites for hydroxylation is 2. The summed E-state index contributed by atoms with van der Waals surface area (Å²) < 4.78 is 26.4. The number of nitrogens with zero attached hydrogens (tertiary/aromatic N) is 2. The smallest absolute Gasteiger partial charge is 0.244 e. The number of hydrogen-bond donors (Lipinski definition) is 1. The van der Waals surface area contributed by atoms with Crippen molar-refractivity contribution in [3.05, 3.63) is 63.1 Å². The molecule has 0 unspecified atom stereocenters. The van der Waals surface area contributed by atoms with Crippen LogP contribution in [0, 0.1) is 13.8 Å². The Morgan fingerprint density at radius 2 is 1.66 bits per heavy atom. The zero-order valence-electron chi connectivity index (χ0n) is 20.9. The van der Waals surface area contributed by atoms with Crippen molar-refractivity contribution in [1.29, 1.82) is 0 Å². The minimum atomic E-state index is -3.79. The van der Waals surface area contributed by atoms with E-state index in [4.69, 9.17) is 23.2 Å². The number of carbonyl (C=O) groups excluding carboxylic acids is 2. The maximum absolute atomic E-state index is 13.7. The highest BCUT2D eigenvalue weighted by atomic mass is 35.5. The lowest BCUT2D eigenvalue weighted by Gasteiger charge is -2.33. The Morgan fingerprint density at radius 3 is 2.17 bits per heavy atom. The molecule has 35 heavy (non-hydrogen) atoms. The molecule has 0 fully saturated rings. The summed E-state index contributed by atoms with van der Waals surface area (Å²) in [7, 11) is -3.79. The molecule has 2 rings (SSSR count). The Morgan fingerprint density at radius 1 is 1.00 bits per heavy atom. The molecule has 192 valence electrons. The van der Waals surface area contributed by atoms with Crippen LogP contribution in [0.25, 0.3) is 0 Å². The van der Waals surface area contributed by atoms with E-state index in [1.165, 1.54) is 4.90 Å². The van der Waals surface area contributed by atoms with Crippen molar-refractivity contribution < 1.29 is 18.0 Å². The SMILES string of the molecule is CC[C@H](C(=O)NC(C)C)N(Cc1ccc(Cl)c(Cl)c1)C(=O)CN(c1ccc(C)c(C)c1)S(C)(=O)=O. The van der Waals surface area contributed by atoms with E-state index in [-0.39, 0.29) is 18.5 Å². The number of hydrogen-bond acceptors (Lipinski definition) is 4. The summed E-state index contributed by atoms with van der Waals surface area (Å²) in [5.41, 5.74) is 2.96. The van der Waals surface area contributed by atoms with Crippen molar-refractivity contribution in [3.63, 3.8) is 0 Å². The monoisotopic (exact) mass is 541 g/mol. The van der Waals surface area contributed by atoms with Crippen LogP contribution in [-0.4, -0.2) is 50.0 Å². The summed E-state index contributed by atoms with van der Waals surface area (Å²) in [6, 6.07) is 9.26. The minimum absolute atomic E-state index is 0.0598. The molecular weight excluding hydrogens is 509 g/mol. The number of amides is 2. The maximum atomic E-state index is 13.7. The lowest BCUT2D eigenvalue weighted by molar-refractivity contribution is -0.140. The van der Waals surface area contributed by atoms with Gasteiger partial charge in [0.1, 0.15) is 12.6 Å². The molecule has 0 aliphatic carbocycles. The van der Waals surface area contributed by atoms with Gasteiger partial charge in [0.25, 0.3) is 0 Å². The molecule has 2 aromatic rings.